The van der Waals surface area contributed by atoms with Crippen molar-refractivity contribution in [1.82, 2.24) is 4.90 Å². The van der Waals surface area contributed by atoms with Gasteiger partial charge in [-0.1, -0.05) is 26.0 Å². The average Bonchev–Trinajstić information content (AvgIpc) is 2.44. The van der Waals surface area contributed by atoms with Gasteiger partial charge < -0.3 is 9.64 Å². The SMILES string of the molecule is C=CCOc1ccc(C2=[C-]CC(Cl)C(=O)N2C)c(C)c1.[Y]. The molecule has 1 radical (unpaired) electrons. The molecule has 1 aromatic rings. The molecule has 5 heteroatoms. The topological polar surface area (TPSA) is 29.5 Å². The van der Waals surface area contributed by atoms with Gasteiger partial charge in [0.1, 0.15) is 17.7 Å². The molecule has 1 atom stereocenters. The summed E-state index contributed by atoms with van der Waals surface area (Å²) in [7, 11) is 1.72. The van der Waals surface area contributed by atoms with Gasteiger partial charge in [-0.15, -0.1) is 34.5 Å². The van der Waals surface area contributed by atoms with Crippen molar-refractivity contribution in [3.05, 3.63) is 48.1 Å². The van der Waals surface area contributed by atoms with Crippen LogP contribution >= 0.6 is 11.6 Å². The number of hydrogen-bond acceptors (Lipinski definition) is 2. The van der Waals surface area contributed by atoms with Gasteiger partial charge in [0.25, 0.3) is 0 Å². The van der Waals surface area contributed by atoms with Crippen LogP contribution in [0.5, 0.6) is 5.75 Å². The fourth-order valence-electron chi connectivity index (χ4n) is 2.14. The van der Waals surface area contributed by atoms with E-state index in [9.17, 15) is 4.79 Å². The Morgan fingerprint density at radius 2 is 2.29 bits per heavy atom. The van der Waals surface area contributed by atoms with Gasteiger partial charge in [-0.25, -0.2) is 6.08 Å². The van der Waals surface area contributed by atoms with Crippen LogP contribution in [0.4, 0.5) is 0 Å². The van der Waals surface area contributed by atoms with Gasteiger partial charge in [-0.3, -0.25) is 4.79 Å². The molecular weight excluding hydrogens is 363 g/mol. The zero-order valence-electron chi connectivity index (χ0n) is 12.2. The van der Waals surface area contributed by atoms with Gasteiger partial charge in [-0.05, 0) is 12.1 Å². The molecule has 1 unspecified atom stereocenters. The minimum atomic E-state index is -0.515. The van der Waals surface area contributed by atoms with E-state index in [1.54, 1.807) is 18.0 Å². The number of carbonyl (C=O) groups is 1. The van der Waals surface area contributed by atoms with Crippen LogP contribution in [0.2, 0.25) is 0 Å². The fraction of sp³-hybridized carbons (Fsp3) is 0.312. The Hall–Kier alpha value is -0.636. The Labute approximate surface area is 155 Å². The molecule has 21 heavy (non-hydrogen) atoms. The maximum absolute atomic E-state index is 11.9. The molecule has 0 aliphatic carbocycles. The number of benzene rings is 1. The summed E-state index contributed by atoms with van der Waals surface area (Å²) in [5.41, 5.74) is 2.77. The molecule has 0 saturated heterocycles. The Morgan fingerprint density at radius 1 is 1.57 bits per heavy atom. The zero-order valence-corrected chi connectivity index (χ0v) is 15.8. The summed E-state index contributed by atoms with van der Waals surface area (Å²) >= 11 is 5.94. The van der Waals surface area contributed by atoms with Crippen LogP contribution in [0.15, 0.2) is 30.9 Å². The summed E-state index contributed by atoms with van der Waals surface area (Å²) in [6, 6.07) is 5.76. The number of ether oxygens (including phenoxy) is 1. The monoisotopic (exact) mass is 379 g/mol. The standard InChI is InChI=1S/C16H17ClNO2.Y/c1-4-9-20-12-5-6-13(11(2)10-12)15-8-7-14(17)16(19)18(15)3;/h4-6,10,14H,1,7,9H2,2-3H3;/q-1;. The molecule has 1 amide bonds. The molecule has 0 saturated carbocycles. The van der Waals surface area contributed by atoms with Gasteiger partial charge >= 0.3 is 0 Å². The third kappa shape index (κ3) is 4.18. The predicted molar refractivity (Wildman–Crippen MR) is 80.5 cm³/mol. The van der Waals surface area contributed by atoms with Gasteiger partial charge in [0.2, 0.25) is 5.91 Å². The first-order valence-electron chi connectivity index (χ1n) is 6.41. The molecule has 0 aromatic heterocycles. The Morgan fingerprint density at radius 3 is 2.90 bits per heavy atom. The molecular formula is C16H17ClNO2Y-. The number of aryl methyl sites for hydroxylation is 1. The largest absolute Gasteiger partial charge is 0.490 e. The summed E-state index contributed by atoms with van der Waals surface area (Å²) in [5, 5.41) is -0.515. The van der Waals surface area contributed by atoms with Crippen LogP contribution in [0.3, 0.4) is 0 Å². The van der Waals surface area contributed by atoms with Crippen LogP contribution < -0.4 is 4.74 Å². The number of rotatable bonds is 4. The van der Waals surface area contributed by atoms with Crippen molar-refractivity contribution in [3.63, 3.8) is 0 Å². The second-order valence-electron chi connectivity index (χ2n) is 4.67. The summed E-state index contributed by atoms with van der Waals surface area (Å²) in [4.78, 5) is 13.5. The van der Waals surface area contributed by atoms with Crippen LogP contribution in [-0.4, -0.2) is 29.8 Å². The van der Waals surface area contributed by atoms with Crippen molar-refractivity contribution in [1.29, 1.82) is 0 Å². The first-order valence-corrected chi connectivity index (χ1v) is 6.85. The minimum Gasteiger partial charge on any atom is -0.490 e. The maximum Gasteiger partial charge on any atom is 0.240 e. The number of halogens is 1. The predicted octanol–water partition coefficient (Wildman–Crippen LogP) is 3.17. The fourth-order valence-corrected chi connectivity index (χ4v) is 2.36. The molecule has 2 rings (SSSR count). The van der Waals surface area contributed by atoms with E-state index in [-0.39, 0.29) is 38.6 Å². The van der Waals surface area contributed by atoms with Crippen molar-refractivity contribution in [2.24, 2.45) is 0 Å². The smallest absolute Gasteiger partial charge is 0.240 e. The number of carbonyl (C=O) groups excluding carboxylic acids is 1. The van der Waals surface area contributed by atoms with Gasteiger partial charge in [0.05, 0.1) is 0 Å². The Balaban J connectivity index is 0.00000220. The van der Waals surface area contributed by atoms with E-state index in [2.05, 4.69) is 12.7 Å². The van der Waals surface area contributed by atoms with Crippen LogP contribution in [0, 0.1) is 13.0 Å². The third-order valence-electron chi connectivity index (χ3n) is 3.20. The van der Waals surface area contributed by atoms with E-state index in [1.165, 1.54) is 0 Å². The molecule has 1 aliphatic heterocycles. The van der Waals surface area contributed by atoms with Crippen molar-refractivity contribution in [2.75, 3.05) is 13.7 Å². The van der Waals surface area contributed by atoms with Crippen LogP contribution in [0.25, 0.3) is 5.70 Å². The molecule has 1 aliphatic rings. The summed E-state index contributed by atoms with van der Waals surface area (Å²) in [6.45, 7) is 6.07. The third-order valence-corrected chi connectivity index (χ3v) is 3.54. The van der Waals surface area contributed by atoms with Gasteiger partial charge in [-0.2, -0.15) is 0 Å². The number of alkyl halides is 1. The Kier molecular flexibility index (Phi) is 7.12. The van der Waals surface area contributed by atoms with E-state index in [0.717, 1.165) is 22.6 Å². The van der Waals surface area contributed by atoms with Crippen molar-refractivity contribution in [3.8, 4) is 5.75 Å². The van der Waals surface area contributed by atoms with Crippen molar-refractivity contribution in [2.45, 2.75) is 18.7 Å². The summed E-state index contributed by atoms with van der Waals surface area (Å²) in [6.07, 6.45) is 5.34. The van der Waals surface area contributed by atoms with E-state index in [1.807, 2.05) is 25.1 Å². The molecule has 0 fully saturated rings. The number of nitrogens with zero attached hydrogens (tertiary/aromatic N) is 1. The summed E-state index contributed by atoms with van der Waals surface area (Å²) < 4.78 is 5.49. The second-order valence-corrected chi connectivity index (χ2v) is 5.20. The van der Waals surface area contributed by atoms with E-state index in [0.29, 0.717) is 13.0 Å². The molecule has 3 nitrogen and oxygen atoms in total. The minimum absolute atomic E-state index is 0. The van der Waals surface area contributed by atoms with Gasteiger partial charge in [0, 0.05) is 39.8 Å². The first-order chi connectivity index (χ1) is 9.54. The molecule has 0 N–H and O–H groups in total. The number of amides is 1. The maximum atomic E-state index is 11.9. The summed E-state index contributed by atoms with van der Waals surface area (Å²) in [5.74, 6) is 0.693. The zero-order chi connectivity index (χ0) is 14.7. The van der Waals surface area contributed by atoms with E-state index < -0.39 is 5.38 Å². The number of hydrogen-bond donors (Lipinski definition) is 0. The molecule has 1 heterocycles. The van der Waals surface area contributed by atoms with E-state index in [4.69, 9.17) is 16.3 Å². The normalized spacial score (nSPS) is 17.9. The number of allylic oxidation sites excluding steroid dienone is 1. The van der Waals surface area contributed by atoms with Crippen molar-refractivity contribution >= 4 is 23.2 Å². The molecule has 0 bridgehead atoms. The average molecular weight is 380 g/mol. The quantitative estimate of drug-likeness (QED) is 0.457. The first kappa shape index (κ1) is 18.4. The second kappa shape index (κ2) is 8.12. The molecule has 109 valence electrons. The molecule has 1 aromatic carbocycles. The van der Waals surface area contributed by atoms with E-state index >= 15 is 0 Å². The van der Waals surface area contributed by atoms with Crippen LogP contribution in [-0.2, 0) is 37.5 Å². The molecule has 0 spiro atoms. The Bertz CT molecular complexity index is 571. The van der Waals surface area contributed by atoms with Crippen molar-refractivity contribution < 1.29 is 42.2 Å². The van der Waals surface area contributed by atoms with Crippen LogP contribution in [0.1, 0.15) is 17.5 Å². The van der Waals surface area contributed by atoms with Gasteiger partial charge in [0.15, 0.2) is 0 Å².